The normalized spacial score (nSPS) is 13.2. The molecule has 0 unspecified atom stereocenters. The highest BCUT2D eigenvalue weighted by molar-refractivity contribution is 6.05. The molecule has 0 radical (unpaired) electrons. The molecule has 2 nitrogen and oxygen atoms in total. The van der Waals surface area contributed by atoms with Crippen LogP contribution in [0.2, 0.25) is 0 Å². The van der Waals surface area contributed by atoms with E-state index in [-0.39, 0.29) is 0 Å². The van der Waals surface area contributed by atoms with Gasteiger partial charge in [-0.15, -0.1) is 0 Å². The quantitative estimate of drug-likeness (QED) is 0.160. The minimum absolute atomic E-state index is 0.481. The molecular formula is C62H42N2. The Bertz CT molecular complexity index is 3400. The van der Waals surface area contributed by atoms with Crippen LogP contribution >= 0.6 is 0 Å². The Morgan fingerprint density at radius 3 is 1.53 bits per heavy atom. The van der Waals surface area contributed by atoms with Crippen LogP contribution in [0.5, 0.6) is 0 Å². The third-order valence-corrected chi connectivity index (χ3v) is 13.2. The highest BCUT2D eigenvalue weighted by Gasteiger charge is 2.46. The molecule has 0 saturated carbocycles. The largest absolute Gasteiger partial charge is 0.228 e. The van der Waals surface area contributed by atoms with E-state index in [0.29, 0.717) is 5.82 Å². The molecule has 1 aromatic heterocycles. The lowest BCUT2D eigenvalue weighted by Gasteiger charge is -2.34. The Labute approximate surface area is 374 Å². The Morgan fingerprint density at radius 2 is 0.828 bits per heavy atom. The SMILES string of the molecule is C1=Cc2c(-c3ccccc3)ccc(-c3cc(-c4ccccc4)nc(-c4ccc(-c5ccc6c(c5)C(c5ccccc5)(c5ccccc5)c5ccccc5-6)c5ccccc45)n3)c2C=CC1. The van der Waals surface area contributed by atoms with Gasteiger partial charge in [0.2, 0.25) is 0 Å². The van der Waals surface area contributed by atoms with Crippen LogP contribution in [0.4, 0.5) is 0 Å². The van der Waals surface area contributed by atoms with Crippen molar-refractivity contribution in [3.05, 3.63) is 264 Å². The maximum atomic E-state index is 5.48. The molecule has 2 aliphatic rings. The predicted octanol–water partition coefficient (Wildman–Crippen LogP) is 15.8. The van der Waals surface area contributed by atoms with Crippen molar-refractivity contribution in [2.45, 2.75) is 11.8 Å². The standard InChI is InChI=1S/C62H42N2/c1-6-20-42(21-7-1)47-36-38-55(51-29-15-5-14-28-49(47)51)60-41-59(43-22-8-2-9-23-43)63-61(64-60)56-39-37-48(50-30-16-17-31-52(50)56)44-34-35-54-53-32-18-19-33-57(53)62(58(54)40-44,45-24-10-3-11-25-45)46-26-12-4-13-27-46/h1-4,6-41H,5H2. The number of hydrogen-bond acceptors (Lipinski definition) is 2. The molecule has 0 bridgehead atoms. The minimum Gasteiger partial charge on any atom is -0.228 e. The summed E-state index contributed by atoms with van der Waals surface area (Å²) >= 11 is 0. The summed E-state index contributed by atoms with van der Waals surface area (Å²) in [4.78, 5) is 10.8. The number of rotatable bonds is 7. The van der Waals surface area contributed by atoms with Gasteiger partial charge in [0.05, 0.1) is 16.8 Å². The molecular weight excluding hydrogens is 773 g/mol. The van der Waals surface area contributed by atoms with Crippen molar-refractivity contribution in [3.8, 4) is 67.3 Å². The van der Waals surface area contributed by atoms with Crippen molar-refractivity contribution < 1.29 is 0 Å². The van der Waals surface area contributed by atoms with Crippen LogP contribution in [0.3, 0.4) is 0 Å². The zero-order valence-electron chi connectivity index (χ0n) is 35.2. The Kier molecular flexibility index (Phi) is 9.16. The van der Waals surface area contributed by atoms with Crippen LogP contribution in [-0.2, 0) is 5.41 Å². The fraction of sp³-hybridized carbons (Fsp3) is 0.0323. The zero-order valence-corrected chi connectivity index (χ0v) is 35.2. The van der Waals surface area contributed by atoms with Gasteiger partial charge in [-0.2, -0.15) is 0 Å². The maximum absolute atomic E-state index is 5.48. The van der Waals surface area contributed by atoms with Crippen molar-refractivity contribution in [1.29, 1.82) is 0 Å². The zero-order chi connectivity index (χ0) is 42.5. The third-order valence-electron chi connectivity index (χ3n) is 13.2. The molecule has 9 aromatic carbocycles. The summed E-state index contributed by atoms with van der Waals surface area (Å²) in [5.41, 5.74) is 19.2. The van der Waals surface area contributed by atoms with Crippen LogP contribution in [0.1, 0.15) is 39.8 Å². The predicted molar refractivity (Wildman–Crippen MR) is 267 cm³/mol. The first-order chi connectivity index (χ1) is 31.8. The van der Waals surface area contributed by atoms with E-state index in [0.717, 1.165) is 45.3 Å². The van der Waals surface area contributed by atoms with E-state index < -0.39 is 5.41 Å². The molecule has 0 aliphatic heterocycles. The second kappa shape index (κ2) is 15.6. The molecule has 2 aliphatic carbocycles. The second-order valence-electron chi connectivity index (χ2n) is 16.7. The number of fused-ring (bicyclic) bond motifs is 5. The lowest BCUT2D eigenvalue weighted by Crippen LogP contribution is -2.28. The molecule has 0 saturated heterocycles. The first kappa shape index (κ1) is 37.6. The van der Waals surface area contributed by atoms with Crippen molar-refractivity contribution in [1.82, 2.24) is 9.97 Å². The van der Waals surface area contributed by atoms with Gasteiger partial charge >= 0.3 is 0 Å². The first-order valence-electron chi connectivity index (χ1n) is 22.1. The molecule has 64 heavy (non-hydrogen) atoms. The number of aromatic nitrogens is 2. The van der Waals surface area contributed by atoms with Crippen LogP contribution in [0.25, 0.3) is 90.2 Å². The highest BCUT2D eigenvalue weighted by Crippen LogP contribution is 2.57. The molecule has 0 N–H and O–H groups in total. The highest BCUT2D eigenvalue weighted by atomic mass is 14.9. The smallest absolute Gasteiger partial charge is 0.161 e. The number of benzene rings is 9. The molecule has 12 rings (SSSR count). The van der Waals surface area contributed by atoms with Crippen LogP contribution in [-0.4, -0.2) is 9.97 Å². The van der Waals surface area contributed by atoms with Crippen molar-refractivity contribution in [2.24, 2.45) is 0 Å². The lowest BCUT2D eigenvalue weighted by atomic mass is 9.67. The van der Waals surface area contributed by atoms with E-state index in [1.165, 1.54) is 66.8 Å². The van der Waals surface area contributed by atoms with Gasteiger partial charge in [-0.05, 0) is 102 Å². The topological polar surface area (TPSA) is 25.8 Å². The number of allylic oxidation sites excluding steroid dienone is 2. The van der Waals surface area contributed by atoms with Gasteiger partial charge in [0, 0.05) is 16.7 Å². The second-order valence-corrected chi connectivity index (χ2v) is 16.7. The third kappa shape index (κ3) is 6.10. The van der Waals surface area contributed by atoms with Crippen LogP contribution in [0, 0.1) is 0 Å². The Balaban J connectivity index is 1.05. The summed E-state index contributed by atoms with van der Waals surface area (Å²) in [6, 6.07) is 79.1. The molecule has 0 amide bonds. The summed E-state index contributed by atoms with van der Waals surface area (Å²) < 4.78 is 0. The monoisotopic (exact) mass is 814 g/mol. The molecule has 10 aromatic rings. The fourth-order valence-electron chi connectivity index (χ4n) is 10.4. The average molecular weight is 815 g/mol. The minimum atomic E-state index is -0.481. The summed E-state index contributed by atoms with van der Waals surface area (Å²) in [6.45, 7) is 0. The maximum Gasteiger partial charge on any atom is 0.161 e. The van der Waals surface area contributed by atoms with Gasteiger partial charge in [-0.25, -0.2) is 9.97 Å². The van der Waals surface area contributed by atoms with Gasteiger partial charge in [0.15, 0.2) is 5.82 Å². The number of hydrogen-bond donors (Lipinski definition) is 0. The van der Waals surface area contributed by atoms with E-state index in [1.54, 1.807) is 0 Å². The molecule has 300 valence electrons. The first-order valence-corrected chi connectivity index (χ1v) is 22.1. The van der Waals surface area contributed by atoms with E-state index >= 15 is 0 Å². The van der Waals surface area contributed by atoms with Gasteiger partial charge in [0.1, 0.15) is 0 Å². The van der Waals surface area contributed by atoms with Gasteiger partial charge < -0.3 is 0 Å². The fourth-order valence-corrected chi connectivity index (χ4v) is 10.4. The number of nitrogens with zero attached hydrogens (tertiary/aromatic N) is 2. The van der Waals surface area contributed by atoms with Crippen molar-refractivity contribution in [3.63, 3.8) is 0 Å². The van der Waals surface area contributed by atoms with Crippen LogP contribution < -0.4 is 0 Å². The lowest BCUT2D eigenvalue weighted by molar-refractivity contribution is 0.769. The van der Waals surface area contributed by atoms with Crippen molar-refractivity contribution >= 4 is 22.9 Å². The Hall–Kier alpha value is -8.20. The molecule has 1 heterocycles. The van der Waals surface area contributed by atoms with Crippen molar-refractivity contribution in [2.75, 3.05) is 0 Å². The van der Waals surface area contributed by atoms with E-state index in [2.05, 4.69) is 243 Å². The molecule has 0 atom stereocenters. The summed E-state index contributed by atoms with van der Waals surface area (Å²) in [5, 5.41) is 2.27. The summed E-state index contributed by atoms with van der Waals surface area (Å²) in [6.07, 6.45) is 9.91. The van der Waals surface area contributed by atoms with E-state index in [9.17, 15) is 0 Å². The van der Waals surface area contributed by atoms with Crippen LogP contribution in [0.15, 0.2) is 231 Å². The Morgan fingerprint density at radius 1 is 0.328 bits per heavy atom. The van der Waals surface area contributed by atoms with Gasteiger partial charge in [-0.1, -0.05) is 224 Å². The van der Waals surface area contributed by atoms with E-state index in [1.807, 2.05) is 0 Å². The van der Waals surface area contributed by atoms with E-state index in [4.69, 9.17) is 9.97 Å². The molecule has 0 spiro atoms. The summed E-state index contributed by atoms with van der Waals surface area (Å²) in [7, 11) is 0. The average Bonchev–Trinajstić information content (AvgIpc) is 3.46. The molecule has 0 fully saturated rings. The summed E-state index contributed by atoms with van der Waals surface area (Å²) in [5.74, 6) is 0.699. The van der Waals surface area contributed by atoms with Gasteiger partial charge in [0.25, 0.3) is 0 Å². The molecule has 2 heteroatoms. The van der Waals surface area contributed by atoms with Gasteiger partial charge in [-0.3, -0.25) is 0 Å².